The molecule has 124 valence electrons. The van der Waals surface area contributed by atoms with Crippen LogP contribution in [0.3, 0.4) is 0 Å². The lowest BCUT2D eigenvalue weighted by molar-refractivity contribution is -0.130. The molecule has 3 rings (SSSR count). The Morgan fingerprint density at radius 1 is 1.52 bits per heavy atom. The molecule has 0 aromatic carbocycles. The highest BCUT2D eigenvalue weighted by atomic mass is 32.1. The molecule has 0 radical (unpaired) electrons. The summed E-state index contributed by atoms with van der Waals surface area (Å²) >= 11 is 2.96. The van der Waals surface area contributed by atoms with Gasteiger partial charge in [-0.15, -0.1) is 10.2 Å². The number of hydrogen-bond acceptors (Lipinski definition) is 7. The van der Waals surface area contributed by atoms with E-state index in [4.69, 9.17) is 9.47 Å². The third-order valence-electron chi connectivity index (χ3n) is 3.60. The first kappa shape index (κ1) is 16.5. The molecule has 1 saturated heterocycles. The topological polar surface area (TPSA) is 73.3 Å². The maximum absolute atomic E-state index is 12.1. The number of nitrogens with one attached hydrogen (secondary N) is 1. The van der Waals surface area contributed by atoms with Gasteiger partial charge in [0.25, 0.3) is 5.91 Å². The van der Waals surface area contributed by atoms with Crippen LogP contribution in [0.2, 0.25) is 0 Å². The van der Waals surface area contributed by atoms with E-state index in [1.807, 2.05) is 16.8 Å². The minimum atomic E-state index is -0.547. The van der Waals surface area contributed by atoms with Crippen molar-refractivity contribution < 1.29 is 14.3 Å². The zero-order valence-corrected chi connectivity index (χ0v) is 14.5. The van der Waals surface area contributed by atoms with E-state index in [9.17, 15) is 4.79 Å². The maximum Gasteiger partial charge on any atom is 0.255 e. The second-order valence-electron chi connectivity index (χ2n) is 5.38. The highest BCUT2D eigenvalue weighted by Gasteiger charge is 2.20. The van der Waals surface area contributed by atoms with Gasteiger partial charge in [-0.1, -0.05) is 11.3 Å². The van der Waals surface area contributed by atoms with Crippen LogP contribution >= 0.6 is 22.7 Å². The van der Waals surface area contributed by atoms with E-state index in [0.29, 0.717) is 11.7 Å². The largest absolute Gasteiger partial charge is 0.376 e. The minimum absolute atomic E-state index is 0.103. The molecule has 23 heavy (non-hydrogen) atoms. The molecule has 2 aromatic heterocycles. The quantitative estimate of drug-likeness (QED) is 0.863. The number of anilines is 1. The van der Waals surface area contributed by atoms with Crippen LogP contribution in [0.1, 0.15) is 26.2 Å². The molecule has 2 atom stereocenters. The molecule has 2 aromatic rings. The fourth-order valence-corrected chi connectivity index (χ4v) is 3.71. The number of nitrogens with zero attached hydrogens (tertiary/aromatic N) is 2. The average molecular weight is 353 g/mol. The molecule has 1 N–H and O–H groups in total. The fraction of sp³-hybridized carbons (Fsp3) is 0.533. The molecule has 0 bridgehead atoms. The molecule has 3 heterocycles. The first-order chi connectivity index (χ1) is 11.2. The van der Waals surface area contributed by atoms with Crippen molar-refractivity contribution in [3.63, 3.8) is 0 Å². The van der Waals surface area contributed by atoms with Crippen molar-refractivity contribution in [3.8, 4) is 10.6 Å². The Balaban J connectivity index is 1.48. The number of hydrogen-bond donors (Lipinski definition) is 1. The molecule has 2 unspecified atom stereocenters. The SMILES string of the molecule is CC(OCC1CCCCO1)C(=O)Nc1nnc(-c2ccsc2)s1. The van der Waals surface area contributed by atoms with Gasteiger partial charge in [-0.3, -0.25) is 10.1 Å². The zero-order valence-electron chi connectivity index (χ0n) is 12.9. The van der Waals surface area contributed by atoms with Gasteiger partial charge in [-0.25, -0.2) is 0 Å². The molecular weight excluding hydrogens is 334 g/mol. The number of carbonyl (C=O) groups is 1. The van der Waals surface area contributed by atoms with Crippen LogP contribution < -0.4 is 5.32 Å². The summed E-state index contributed by atoms with van der Waals surface area (Å²) in [5.74, 6) is -0.214. The van der Waals surface area contributed by atoms with Gasteiger partial charge in [0.1, 0.15) is 11.1 Å². The van der Waals surface area contributed by atoms with E-state index < -0.39 is 6.10 Å². The lowest BCUT2D eigenvalue weighted by atomic mass is 10.1. The van der Waals surface area contributed by atoms with Gasteiger partial charge in [0.2, 0.25) is 5.13 Å². The van der Waals surface area contributed by atoms with E-state index in [0.717, 1.165) is 36.4 Å². The summed E-state index contributed by atoms with van der Waals surface area (Å²) in [5, 5.41) is 16.1. The van der Waals surface area contributed by atoms with Gasteiger partial charge in [0, 0.05) is 17.6 Å². The van der Waals surface area contributed by atoms with Crippen molar-refractivity contribution >= 4 is 33.7 Å². The third kappa shape index (κ3) is 4.57. The number of amides is 1. The predicted octanol–water partition coefficient (Wildman–Crippen LogP) is 3.18. The van der Waals surface area contributed by atoms with Gasteiger partial charge >= 0.3 is 0 Å². The second kappa shape index (κ2) is 7.96. The average Bonchev–Trinajstić information content (AvgIpc) is 3.24. The number of thiophene rings is 1. The van der Waals surface area contributed by atoms with Crippen molar-refractivity contribution in [1.82, 2.24) is 10.2 Å². The van der Waals surface area contributed by atoms with E-state index >= 15 is 0 Å². The molecule has 0 saturated carbocycles. The van der Waals surface area contributed by atoms with Crippen molar-refractivity contribution in [2.75, 3.05) is 18.5 Å². The smallest absolute Gasteiger partial charge is 0.255 e. The third-order valence-corrected chi connectivity index (χ3v) is 5.17. The molecule has 6 nitrogen and oxygen atoms in total. The van der Waals surface area contributed by atoms with Crippen molar-refractivity contribution in [1.29, 1.82) is 0 Å². The van der Waals surface area contributed by atoms with Gasteiger partial charge in [0.15, 0.2) is 0 Å². The van der Waals surface area contributed by atoms with Crippen LogP contribution in [-0.4, -0.2) is 41.5 Å². The van der Waals surface area contributed by atoms with Crippen molar-refractivity contribution in [3.05, 3.63) is 16.8 Å². The number of carbonyl (C=O) groups excluding carboxylic acids is 1. The van der Waals surface area contributed by atoms with Crippen LogP contribution in [0.4, 0.5) is 5.13 Å². The van der Waals surface area contributed by atoms with Crippen molar-refractivity contribution in [2.45, 2.75) is 38.4 Å². The Morgan fingerprint density at radius 3 is 3.17 bits per heavy atom. The van der Waals surface area contributed by atoms with E-state index in [2.05, 4.69) is 15.5 Å². The highest BCUT2D eigenvalue weighted by molar-refractivity contribution is 7.19. The first-order valence-corrected chi connectivity index (χ1v) is 9.38. The van der Waals surface area contributed by atoms with E-state index in [-0.39, 0.29) is 12.0 Å². The zero-order chi connectivity index (χ0) is 16.1. The molecule has 0 spiro atoms. The van der Waals surface area contributed by atoms with Crippen LogP contribution in [0.15, 0.2) is 16.8 Å². The standard InChI is InChI=1S/C15H19N3O3S2/c1-10(21-8-12-4-2-3-6-20-12)13(19)16-15-18-17-14(23-15)11-5-7-22-9-11/h5,7,9-10,12H,2-4,6,8H2,1H3,(H,16,18,19). The summed E-state index contributed by atoms with van der Waals surface area (Å²) in [6, 6.07) is 1.98. The molecule has 1 fully saturated rings. The van der Waals surface area contributed by atoms with E-state index in [1.54, 1.807) is 18.3 Å². The Morgan fingerprint density at radius 2 is 2.43 bits per heavy atom. The Hall–Kier alpha value is -1.35. The van der Waals surface area contributed by atoms with Crippen LogP contribution in [0.5, 0.6) is 0 Å². The first-order valence-electron chi connectivity index (χ1n) is 7.62. The lowest BCUT2D eigenvalue weighted by Gasteiger charge is -2.23. The Bertz CT molecular complexity index is 624. The number of rotatable bonds is 6. The number of ether oxygens (including phenoxy) is 2. The van der Waals surface area contributed by atoms with Gasteiger partial charge < -0.3 is 9.47 Å². The summed E-state index contributed by atoms with van der Waals surface area (Å²) in [6.07, 6.45) is 2.81. The Labute approximate surface area is 142 Å². The molecule has 0 aliphatic carbocycles. The molecule has 1 aliphatic rings. The normalized spacial score (nSPS) is 19.4. The second-order valence-corrected chi connectivity index (χ2v) is 7.14. The summed E-state index contributed by atoms with van der Waals surface area (Å²) in [5.41, 5.74) is 1.02. The van der Waals surface area contributed by atoms with Crippen LogP contribution in [-0.2, 0) is 14.3 Å². The molecule has 1 aliphatic heterocycles. The van der Waals surface area contributed by atoms with E-state index in [1.165, 1.54) is 11.3 Å². The summed E-state index contributed by atoms with van der Waals surface area (Å²) < 4.78 is 11.2. The lowest BCUT2D eigenvalue weighted by Crippen LogP contribution is -2.32. The van der Waals surface area contributed by atoms with Gasteiger partial charge in [-0.05, 0) is 37.6 Å². The summed E-state index contributed by atoms with van der Waals surface area (Å²) in [4.78, 5) is 12.1. The van der Waals surface area contributed by atoms with Crippen LogP contribution in [0.25, 0.3) is 10.6 Å². The summed E-state index contributed by atoms with van der Waals surface area (Å²) in [6.45, 7) is 2.97. The van der Waals surface area contributed by atoms with Gasteiger partial charge in [-0.2, -0.15) is 11.3 Å². The highest BCUT2D eigenvalue weighted by Crippen LogP contribution is 2.27. The summed E-state index contributed by atoms with van der Waals surface area (Å²) in [7, 11) is 0. The fourth-order valence-electron chi connectivity index (χ4n) is 2.25. The molecular formula is C15H19N3O3S2. The van der Waals surface area contributed by atoms with Crippen LogP contribution in [0, 0.1) is 0 Å². The van der Waals surface area contributed by atoms with Crippen molar-refractivity contribution in [2.24, 2.45) is 0 Å². The maximum atomic E-state index is 12.1. The molecule has 8 heteroatoms. The monoisotopic (exact) mass is 353 g/mol. The number of aromatic nitrogens is 2. The predicted molar refractivity (Wildman–Crippen MR) is 90.9 cm³/mol. The minimum Gasteiger partial charge on any atom is -0.376 e. The Kier molecular flexibility index (Phi) is 5.71. The van der Waals surface area contributed by atoms with Gasteiger partial charge in [0.05, 0.1) is 12.7 Å². The molecule has 1 amide bonds.